The van der Waals surface area contributed by atoms with Gasteiger partial charge >= 0.3 is 37.7 Å². The molecule has 2 radical (unpaired) electrons. The molecule has 0 fully saturated rings. The molecule has 0 heterocycles. The van der Waals surface area contributed by atoms with Crippen molar-refractivity contribution in [2.24, 2.45) is 0 Å². The van der Waals surface area contributed by atoms with Crippen LogP contribution >= 0.6 is 0 Å². The Labute approximate surface area is 115 Å². The fourth-order valence-electron chi connectivity index (χ4n) is 0.772. The number of hydrogen-bond donors (Lipinski definition) is 3. The molecule has 0 bridgehead atoms. The van der Waals surface area contributed by atoms with Crippen LogP contribution in [0, 0.1) is 0 Å². The van der Waals surface area contributed by atoms with Crippen molar-refractivity contribution in [1.29, 1.82) is 0 Å². The molecule has 0 saturated heterocycles. The second kappa shape index (κ2) is 7.82. The van der Waals surface area contributed by atoms with E-state index in [0.717, 1.165) is 5.69 Å². The van der Waals surface area contributed by atoms with Crippen LogP contribution in [0.1, 0.15) is 0 Å². The van der Waals surface area contributed by atoms with Crippen LogP contribution in [0.4, 0.5) is 11.4 Å². The molecule has 0 aliphatic rings. The van der Waals surface area contributed by atoms with Gasteiger partial charge in [-0.2, -0.15) is 8.42 Å². The molecule has 0 saturated carbocycles. The Bertz CT molecular complexity index is 383. The standard InChI is InChI=1S/C8H12N2.H2O4S.Pb.2H/c1-10(2)8-5-3-7(9)4-6-8;1-5(2,3)4;;;/h3-6H,9H2,1-2H3;(H2,1,2,3,4);;;. The quantitative estimate of drug-likeness (QED) is 0.315. The molecule has 0 atom stereocenters. The molecule has 4 N–H and O–H groups in total. The molecule has 6 nitrogen and oxygen atoms in total. The summed E-state index contributed by atoms with van der Waals surface area (Å²) in [5.41, 5.74) is 7.49. The summed E-state index contributed by atoms with van der Waals surface area (Å²) < 4.78 is 31.6. The molecule has 1 rings (SSSR count). The SMILES string of the molecule is CN(C)c1ccc(N)cc1.O=S(=O)(O)O.[PbH2]. The van der Waals surface area contributed by atoms with E-state index in [-0.39, 0.29) is 27.3 Å². The number of nitrogen functional groups attached to an aromatic ring is 1. The van der Waals surface area contributed by atoms with Gasteiger partial charge in [-0.05, 0) is 24.3 Å². The summed E-state index contributed by atoms with van der Waals surface area (Å²) in [6, 6.07) is 7.79. The van der Waals surface area contributed by atoms with Crippen LogP contribution in [0.15, 0.2) is 24.3 Å². The van der Waals surface area contributed by atoms with Crippen molar-refractivity contribution < 1.29 is 17.5 Å². The predicted octanol–water partition coefficient (Wildman–Crippen LogP) is -0.234. The zero-order chi connectivity index (χ0) is 12.1. The van der Waals surface area contributed by atoms with E-state index in [1.165, 1.54) is 5.69 Å². The van der Waals surface area contributed by atoms with E-state index in [4.69, 9.17) is 23.3 Å². The monoisotopic (exact) mass is 444 g/mol. The third-order valence-electron chi connectivity index (χ3n) is 1.41. The summed E-state index contributed by atoms with van der Waals surface area (Å²) in [6.45, 7) is 0. The van der Waals surface area contributed by atoms with Crippen LogP contribution in [0.2, 0.25) is 0 Å². The van der Waals surface area contributed by atoms with E-state index >= 15 is 0 Å². The van der Waals surface area contributed by atoms with Gasteiger partial charge in [0.15, 0.2) is 0 Å². The van der Waals surface area contributed by atoms with Gasteiger partial charge in [0.25, 0.3) is 0 Å². The van der Waals surface area contributed by atoms with E-state index in [9.17, 15) is 0 Å². The number of nitrogens with zero attached hydrogens (tertiary/aromatic N) is 1. The number of benzene rings is 1. The molecule has 8 heteroatoms. The first kappa shape index (κ1) is 18.0. The van der Waals surface area contributed by atoms with E-state index in [0.29, 0.717) is 0 Å². The maximum atomic E-state index is 8.74. The summed E-state index contributed by atoms with van der Waals surface area (Å²) in [7, 11) is -0.656. The average Bonchev–Trinajstić information content (AvgIpc) is 2.01. The second-order valence-corrected chi connectivity index (χ2v) is 3.83. The van der Waals surface area contributed by atoms with Crippen LogP contribution in [0.25, 0.3) is 0 Å². The Morgan fingerprint density at radius 1 is 1.12 bits per heavy atom. The molecule has 1 aromatic carbocycles. The third-order valence-corrected chi connectivity index (χ3v) is 1.41. The fraction of sp³-hybridized carbons (Fsp3) is 0.250. The summed E-state index contributed by atoms with van der Waals surface area (Å²) in [6.07, 6.45) is 0. The van der Waals surface area contributed by atoms with Crippen LogP contribution in [-0.4, -0.2) is 58.9 Å². The molecular formula is C8H16N2O4PbS. The topological polar surface area (TPSA) is 104 Å². The van der Waals surface area contributed by atoms with E-state index in [2.05, 4.69) is 0 Å². The Kier molecular flexibility index (Phi) is 8.79. The molecule has 0 unspecified atom stereocenters. The summed E-state index contributed by atoms with van der Waals surface area (Å²) in [5.74, 6) is 0. The Balaban J connectivity index is 0. The minimum absolute atomic E-state index is 0. The third kappa shape index (κ3) is 11.7. The van der Waals surface area contributed by atoms with Gasteiger partial charge in [-0.15, -0.1) is 0 Å². The van der Waals surface area contributed by atoms with Crippen molar-refractivity contribution in [1.82, 2.24) is 0 Å². The first-order valence-corrected chi connectivity index (χ1v) is 5.32. The van der Waals surface area contributed by atoms with Crippen LogP contribution in [-0.2, 0) is 10.4 Å². The van der Waals surface area contributed by atoms with Gasteiger partial charge in [0.2, 0.25) is 0 Å². The van der Waals surface area contributed by atoms with Crippen molar-refractivity contribution in [2.45, 2.75) is 0 Å². The normalized spacial score (nSPS) is 9.50. The van der Waals surface area contributed by atoms with Gasteiger partial charge in [0, 0.05) is 25.5 Å². The summed E-state index contributed by atoms with van der Waals surface area (Å²) in [4.78, 5) is 2.04. The fourth-order valence-corrected chi connectivity index (χ4v) is 0.772. The summed E-state index contributed by atoms with van der Waals surface area (Å²) in [5, 5.41) is 0. The Morgan fingerprint density at radius 2 is 1.44 bits per heavy atom. The molecule has 0 aromatic heterocycles. The molecular weight excluding hydrogens is 427 g/mol. The first-order valence-electron chi connectivity index (χ1n) is 3.93. The van der Waals surface area contributed by atoms with Gasteiger partial charge in [-0.3, -0.25) is 9.11 Å². The Hall–Kier alpha value is -0.388. The van der Waals surface area contributed by atoms with Gasteiger partial charge in [0.1, 0.15) is 0 Å². The molecule has 0 spiro atoms. The van der Waals surface area contributed by atoms with Crippen molar-refractivity contribution >= 4 is 49.1 Å². The van der Waals surface area contributed by atoms with Crippen molar-refractivity contribution in [2.75, 3.05) is 24.7 Å². The minimum atomic E-state index is -4.67. The zero-order valence-electron chi connectivity index (χ0n) is 9.16. The van der Waals surface area contributed by atoms with Gasteiger partial charge in [-0.1, -0.05) is 0 Å². The predicted molar refractivity (Wildman–Crippen MR) is 67.9 cm³/mol. The average molecular weight is 443 g/mol. The van der Waals surface area contributed by atoms with Crippen LogP contribution in [0.5, 0.6) is 0 Å². The number of rotatable bonds is 1. The van der Waals surface area contributed by atoms with Gasteiger partial charge in [-0.25, -0.2) is 0 Å². The van der Waals surface area contributed by atoms with Crippen molar-refractivity contribution in [3.63, 3.8) is 0 Å². The number of hydrogen-bond acceptors (Lipinski definition) is 4. The van der Waals surface area contributed by atoms with E-state index in [1.807, 2.05) is 43.3 Å². The molecule has 0 aliphatic heterocycles. The molecule has 1 aromatic rings. The van der Waals surface area contributed by atoms with E-state index in [1.54, 1.807) is 0 Å². The molecule has 92 valence electrons. The number of nitrogens with two attached hydrogens (primary N) is 1. The number of anilines is 2. The van der Waals surface area contributed by atoms with E-state index < -0.39 is 10.4 Å². The first-order chi connectivity index (χ1) is 6.70. The van der Waals surface area contributed by atoms with Gasteiger partial charge < -0.3 is 10.6 Å². The molecule has 16 heavy (non-hydrogen) atoms. The van der Waals surface area contributed by atoms with Gasteiger partial charge in [0.05, 0.1) is 0 Å². The maximum absolute atomic E-state index is 8.74. The molecule has 0 amide bonds. The van der Waals surface area contributed by atoms with Crippen LogP contribution in [0.3, 0.4) is 0 Å². The second-order valence-electron chi connectivity index (χ2n) is 2.93. The van der Waals surface area contributed by atoms with Crippen molar-refractivity contribution in [3.05, 3.63) is 24.3 Å². The van der Waals surface area contributed by atoms with Crippen LogP contribution < -0.4 is 10.6 Å². The Morgan fingerprint density at radius 3 is 1.69 bits per heavy atom. The molecule has 0 aliphatic carbocycles. The zero-order valence-corrected chi connectivity index (χ0v) is 15.5. The van der Waals surface area contributed by atoms with Crippen molar-refractivity contribution in [3.8, 4) is 0 Å². The summed E-state index contributed by atoms with van der Waals surface area (Å²) >= 11 is 0.